The lowest BCUT2D eigenvalue weighted by atomic mass is 10.0. The third-order valence-corrected chi connectivity index (χ3v) is 4.90. The monoisotopic (exact) mass is 373 g/mol. The minimum atomic E-state index is -0.480. The van der Waals surface area contributed by atoms with Crippen molar-refractivity contribution in [2.45, 2.75) is 32.7 Å². The highest BCUT2D eigenvalue weighted by atomic mass is 19.1. The minimum Gasteiger partial charge on any atom is -0.486 e. The van der Waals surface area contributed by atoms with Crippen LogP contribution in [0.5, 0.6) is 5.75 Å². The van der Waals surface area contributed by atoms with Crippen molar-refractivity contribution in [3.8, 4) is 5.75 Å². The van der Waals surface area contributed by atoms with Gasteiger partial charge in [-0.25, -0.2) is 4.39 Å². The summed E-state index contributed by atoms with van der Waals surface area (Å²) in [7, 11) is 1.58. The van der Waals surface area contributed by atoms with Gasteiger partial charge in [-0.15, -0.1) is 0 Å². The number of aliphatic hydroxyl groups excluding tert-OH is 1. The van der Waals surface area contributed by atoms with Gasteiger partial charge in [0.05, 0.1) is 19.7 Å². The fraction of sp³-hybridized carbons (Fsp3) is 0.381. The number of hydrogen-bond donors (Lipinski definition) is 1. The third kappa shape index (κ3) is 4.12. The van der Waals surface area contributed by atoms with E-state index in [2.05, 4.69) is 0 Å². The summed E-state index contributed by atoms with van der Waals surface area (Å²) in [5.74, 6) is -0.0978. The smallest absolute Gasteiger partial charge is 0.254 e. The van der Waals surface area contributed by atoms with Crippen molar-refractivity contribution in [2.75, 3.05) is 20.2 Å². The van der Waals surface area contributed by atoms with Crippen molar-refractivity contribution in [3.63, 3.8) is 0 Å². The molecule has 27 heavy (non-hydrogen) atoms. The number of methoxy groups -OCH3 is 1. The lowest BCUT2D eigenvalue weighted by Gasteiger charge is -2.19. The first-order valence-corrected chi connectivity index (χ1v) is 8.88. The highest BCUT2D eigenvalue weighted by Gasteiger charge is 2.37. The number of carbonyl (C=O) groups is 1. The van der Waals surface area contributed by atoms with E-state index in [4.69, 9.17) is 9.47 Å². The molecule has 1 amide bonds. The Morgan fingerprint density at radius 3 is 2.63 bits per heavy atom. The van der Waals surface area contributed by atoms with Crippen molar-refractivity contribution < 1.29 is 23.8 Å². The summed E-state index contributed by atoms with van der Waals surface area (Å²) in [4.78, 5) is 14.7. The number of likely N-dealkylation sites (tertiary alicyclic amines) is 1. The van der Waals surface area contributed by atoms with Gasteiger partial charge in [-0.3, -0.25) is 4.79 Å². The third-order valence-electron chi connectivity index (χ3n) is 4.90. The summed E-state index contributed by atoms with van der Waals surface area (Å²) in [5.41, 5.74) is 2.80. The highest BCUT2D eigenvalue weighted by molar-refractivity contribution is 5.96. The normalized spacial score (nSPS) is 19.4. The zero-order valence-corrected chi connectivity index (χ0v) is 15.7. The van der Waals surface area contributed by atoms with Gasteiger partial charge < -0.3 is 19.5 Å². The number of ether oxygens (including phenoxy) is 2. The summed E-state index contributed by atoms with van der Waals surface area (Å²) >= 11 is 0. The number of aliphatic hydroxyl groups is 1. The van der Waals surface area contributed by atoms with Crippen LogP contribution in [0.25, 0.3) is 0 Å². The molecule has 1 N–H and O–H groups in total. The van der Waals surface area contributed by atoms with Gasteiger partial charge in [-0.2, -0.15) is 0 Å². The summed E-state index contributed by atoms with van der Waals surface area (Å²) in [5, 5.41) is 9.22. The standard InChI is InChI=1S/C21H24FNO4/c1-13-4-5-14(2)17(8-13)21(25)23-10-19(26-3)20(11-23)27-16-6-7-18(22)15(9-16)12-24/h4-9,19-20,24H,10-12H2,1-3H3. The molecule has 3 rings (SSSR count). The van der Waals surface area contributed by atoms with Crippen molar-refractivity contribution in [1.29, 1.82) is 0 Å². The lowest BCUT2D eigenvalue weighted by Crippen LogP contribution is -2.32. The van der Waals surface area contributed by atoms with Crippen molar-refractivity contribution in [3.05, 3.63) is 64.5 Å². The Morgan fingerprint density at radius 1 is 1.19 bits per heavy atom. The van der Waals surface area contributed by atoms with E-state index in [-0.39, 0.29) is 23.7 Å². The second-order valence-electron chi connectivity index (χ2n) is 6.87. The van der Waals surface area contributed by atoms with Gasteiger partial charge in [-0.1, -0.05) is 17.7 Å². The van der Waals surface area contributed by atoms with Crippen molar-refractivity contribution in [1.82, 2.24) is 4.90 Å². The number of halogens is 1. The van der Waals surface area contributed by atoms with E-state index in [0.717, 1.165) is 11.1 Å². The van der Waals surface area contributed by atoms with E-state index in [1.165, 1.54) is 18.2 Å². The first-order chi connectivity index (χ1) is 12.9. The highest BCUT2D eigenvalue weighted by Crippen LogP contribution is 2.25. The Morgan fingerprint density at radius 2 is 1.93 bits per heavy atom. The first kappa shape index (κ1) is 19.3. The van der Waals surface area contributed by atoms with E-state index >= 15 is 0 Å². The second kappa shape index (κ2) is 8.06. The molecule has 2 aromatic rings. The number of nitrogens with zero attached hydrogens (tertiary/aromatic N) is 1. The van der Waals surface area contributed by atoms with Crippen LogP contribution in [0.2, 0.25) is 0 Å². The molecular weight excluding hydrogens is 349 g/mol. The van der Waals surface area contributed by atoms with Crippen LogP contribution in [-0.2, 0) is 11.3 Å². The molecule has 2 aromatic carbocycles. The predicted molar refractivity (Wildman–Crippen MR) is 99.4 cm³/mol. The first-order valence-electron chi connectivity index (χ1n) is 8.88. The van der Waals surface area contributed by atoms with Crippen LogP contribution >= 0.6 is 0 Å². The Hall–Kier alpha value is -2.44. The van der Waals surface area contributed by atoms with Gasteiger partial charge in [0, 0.05) is 18.2 Å². The number of rotatable bonds is 5. The van der Waals surface area contributed by atoms with Crippen LogP contribution in [0, 0.1) is 19.7 Å². The molecule has 1 aliphatic rings. The molecule has 1 fully saturated rings. The molecule has 0 spiro atoms. The summed E-state index contributed by atoms with van der Waals surface area (Å²) < 4.78 is 25.0. The predicted octanol–water partition coefficient (Wildman–Crippen LogP) is 2.85. The fourth-order valence-corrected chi connectivity index (χ4v) is 3.31. The molecular formula is C21H24FNO4. The van der Waals surface area contributed by atoms with Crippen LogP contribution in [0.4, 0.5) is 4.39 Å². The van der Waals surface area contributed by atoms with E-state index in [1.54, 1.807) is 12.0 Å². The average molecular weight is 373 g/mol. The molecule has 1 heterocycles. The van der Waals surface area contributed by atoms with Gasteiger partial charge in [0.25, 0.3) is 5.91 Å². The number of aryl methyl sites for hydroxylation is 2. The SMILES string of the molecule is COC1CN(C(=O)c2cc(C)ccc2C)CC1Oc1ccc(F)c(CO)c1. The van der Waals surface area contributed by atoms with Gasteiger partial charge in [0.2, 0.25) is 0 Å². The fourth-order valence-electron chi connectivity index (χ4n) is 3.31. The summed E-state index contributed by atoms with van der Waals surface area (Å²) in [6, 6.07) is 10.0. The van der Waals surface area contributed by atoms with E-state index in [0.29, 0.717) is 24.4 Å². The maximum Gasteiger partial charge on any atom is 0.254 e. The molecule has 2 unspecified atom stereocenters. The van der Waals surface area contributed by atoms with Crippen LogP contribution in [-0.4, -0.2) is 48.3 Å². The summed E-state index contributed by atoms with van der Waals surface area (Å²) in [6.07, 6.45) is -0.664. The van der Waals surface area contributed by atoms with Crippen molar-refractivity contribution >= 4 is 5.91 Å². The molecule has 0 aliphatic carbocycles. The second-order valence-corrected chi connectivity index (χ2v) is 6.87. The van der Waals surface area contributed by atoms with E-state index in [1.807, 2.05) is 32.0 Å². The quantitative estimate of drug-likeness (QED) is 0.876. The molecule has 2 atom stereocenters. The number of amides is 1. The van der Waals surface area contributed by atoms with E-state index in [9.17, 15) is 14.3 Å². The zero-order chi connectivity index (χ0) is 19.6. The average Bonchev–Trinajstić information content (AvgIpc) is 3.07. The van der Waals surface area contributed by atoms with E-state index < -0.39 is 12.4 Å². The molecule has 1 aliphatic heterocycles. The molecule has 0 bridgehead atoms. The molecule has 0 saturated carbocycles. The zero-order valence-electron chi connectivity index (χ0n) is 15.7. The van der Waals surface area contributed by atoms with Gasteiger partial charge in [0.15, 0.2) is 0 Å². The largest absolute Gasteiger partial charge is 0.486 e. The molecule has 1 saturated heterocycles. The van der Waals surface area contributed by atoms with Crippen LogP contribution in [0.15, 0.2) is 36.4 Å². The maximum atomic E-state index is 13.6. The van der Waals surface area contributed by atoms with Crippen LogP contribution in [0.3, 0.4) is 0 Å². The molecule has 144 valence electrons. The van der Waals surface area contributed by atoms with Gasteiger partial charge in [-0.05, 0) is 43.7 Å². The molecule has 5 nitrogen and oxygen atoms in total. The Balaban J connectivity index is 1.77. The van der Waals surface area contributed by atoms with Gasteiger partial charge in [0.1, 0.15) is 23.8 Å². The lowest BCUT2D eigenvalue weighted by molar-refractivity contribution is 0.0338. The summed E-state index contributed by atoms with van der Waals surface area (Å²) in [6.45, 7) is 4.26. The molecule has 0 radical (unpaired) electrons. The number of benzene rings is 2. The van der Waals surface area contributed by atoms with Crippen LogP contribution < -0.4 is 4.74 Å². The molecule has 6 heteroatoms. The minimum absolute atomic E-state index is 0.0560. The van der Waals surface area contributed by atoms with Gasteiger partial charge >= 0.3 is 0 Å². The topological polar surface area (TPSA) is 59.0 Å². The van der Waals surface area contributed by atoms with Crippen LogP contribution in [0.1, 0.15) is 27.0 Å². The Labute approximate surface area is 158 Å². The number of hydrogen-bond acceptors (Lipinski definition) is 4. The maximum absolute atomic E-state index is 13.6. The Kier molecular flexibility index (Phi) is 5.77. The van der Waals surface area contributed by atoms with Crippen molar-refractivity contribution in [2.24, 2.45) is 0 Å². The Bertz CT molecular complexity index is 839. The molecule has 0 aromatic heterocycles. The number of carbonyl (C=O) groups excluding carboxylic acids is 1.